The lowest BCUT2D eigenvalue weighted by Crippen LogP contribution is -2.60. The average molecular weight is 1300 g/mol. The van der Waals surface area contributed by atoms with Crippen LogP contribution in [0.5, 0.6) is 0 Å². The number of aliphatic hydroxyl groups is 5. The zero-order valence-electron chi connectivity index (χ0n) is 60.0. The number of hydrogen-bond donors (Lipinski definition) is 6. The third-order valence-corrected chi connectivity index (χ3v) is 18.6. The molecule has 7 unspecified atom stereocenters. The van der Waals surface area contributed by atoms with E-state index in [9.17, 15) is 35.1 Å². The molecule has 1 fully saturated rings. The Balaban J connectivity index is 1.95. The Morgan fingerprint density at radius 2 is 0.739 bits per heavy atom. The largest absolute Gasteiger partial charge is 0.466 e. The molecule has 0 spiro atoms. The Kier molecular flexibility index (Phi) is 66.2. The van der Waals surface area contributed by atoms with Crippen LogP contribution in [0.25, 0.3) is 0 Å². The first-order valence-electron chi connectivity index (χ1n) is 39.6. The lowest BCUT2D eigenvalue weighted by atomic mass is 9.99. The van der Waals surface area contributed by atoms with Gasteiger partial charge in [0, 0.05) is 12.8 Å². The summed E-state index contributed by atoms with van der Waals surface area (Å²) < 4.78 is 16.8. The van der Waals surface area contributed by atoms with Crippen LogP contribution in [0.3, 0.4) is 0 Å². The predicted molar refractivity (Wildman–Crippen MR) is 389 cm³/mol. The van der Waals surface area contributed by atoms with Crippen LogP contribution in [0.2, 0.25) is 0 Å². The van der Waals surface area contributed by atoms with E-state index >= 15 is 0 Å². The van der Waals surface area contributed by atoms with Gasteiger partial charge in [-0.25, -0.2) is 0 Å². The van der Waals surface area contributed by atoms with E-state index in [1.807, 2.05) is 6.08 Å². The van der Waals surface area contributed by atoms with E-state index in [1.54, 1.807) is 6.08 Å². The van der Waals surface area contributed by atoms with Crippen LogP contribution in [0.4, 0.5) is 0 Å². The molecule has 1 amide bonds. The first kappa shape index (κ1) is 87.4. The molecule has 0 aromatic carbocycles. The molecule has 0 radical (unpaired) electrons. The lowest BCUT2D eigenvalue weighted by molar-refractivity contribution is -0.302. The minimum absolute atomic E-state index is 0.00452. The Morgan fingerprint density at radius 1 is 0.402 bits per heavy atom. The van der Waals surface area contributed by atoms with E-state index in [0.717, 1.165) is 70.6 Å². The van der Waals surface area contributed by atoms with Crippen LogP contribution in [0, 0.1) is 0 Å². The molecule has 0 saturated carbocycles. The number of nitrogens with one attached hydrogen (secondary N) is 1. The van der Waals surface area contributed by atoms with Gasteiger partial charge in [-0.3, -0.25) is 9.59 Å². The quantitative estimate of drug-likeness (QED) is 0.0195. The van der Waals surface area contributed by atoms with E-state index in [4.69, 9.17) is 14.2 Å². The third-order valence-electron chi connectivity index (χ3n) is 18.6. The fraction of sp³-hybridized carbons (Fsp3) is 0.852. The summed E-state index contributed by atoms with van der Waals surface area (Å²) in [5.41, 5.74) is 0. The predicted octanol–water partition coefficient (Wildman–Crippen LogP) is 21.2. The summed E-state index contributed by atoms with van der Waals surface area (Å²) in [7, 11) is 0. The minimum Gasteiger partial charge on any atom is -0.466 e. The number of aliphatic hydroxyl groups excluding tert-OH is 5. The minimum atomic E-state index is -1.57. The van der Waals surface area contributed by atoms with Crippen molar-refractivity contribution in [1.29, 1.82) is 0 Å². The number of amides is 1. The van der Waals surface area contributed by atoms with E-state index in [0.29, 0.717) is 19.4 Å². The highest BCUT2D eigenvalue weighted by atomic mass is 16.7. The van der Waals surface area contributed by atoms with Gasteiger partial charge in [0.2, 0.25) is 5.91 Å². The maximum Gasteiger partial charge on any atom is 0.305 e. The Morgan fingerprint density at radius 3 is 1.13 bits per heavy atom. The summed E-state index contributed by atoms with van der Waals surface area (Å²) in [5, 5.41) is 54.6. The normalized spacial score (nSPS) is 17.8. The van der Waals surface area contributed by atoms with E-state index < -0.39 is 49.5 Å². The Bertz CT molecular complexity index is 1710. The molecular weight excluding hydrogens is 1150 g/mol. The molecule has 1 rings (SSSR count). The van der Waals surface area contributed by atoms with Gasteiger partial charge in [0.05, 0.1) is 32.0 Å². The fourth-order valence-electron chi connectivity index (χ4n) is 12.4. The molecule has 11 heteroatoms. The SMILES string of the molecule is CCCC/C=C\C/C=C\CCCCCCCC(=O)OCCCCCCCCCCCCC/C=C\C/C=C\CCCCCCCCCCCCCCCCCCCC(=O)NC(COC1OC(CO)C(O)C(O)C1O)C(O)/C=C/CCCCCCCCCCCCCCC. The number of esters is 1. The van der Waals surface area contributed by atoms with Gasteiger partial charge in [-0.2, -0.15) is 0 Å². The van der Waals surface area contributed by atoms with E-state index in [2.05, 4.69) is 67.8 Å². The number of carbonyl (C=O) groups is 2. The van der Waals surface area contributed by atoms with Crippen molar-refractivity contribution < 1.29 is 49.3 Å². The van der Waals surface area contributed by atoms with Crippen molar-refractivity contribution in [3.8, 4) is 0 Å². The molecule has 1 aliphatic heterocycles. The summed E-state index contributed by atoms with van der Waals surface area (Å²) in [6.45, 7) is 4.34. The lowest BCUT2D eigenvalue weighted by Gasteiger charge is -2.40. The summed E-state index contributed by atoms with van der Waals surface area (Å²) in [4.78, 5) is 25.2. The van der Waals surface area contributed by atoms with Gasteiger partial charge in [-0.15, -0.1) is 0 Å². The smallest absolute Gasteiger partial charge is 0.305 e. The number of hydrogen-bond acceptors (Lipinski definition) is 10. The van der Waals surface area contributed by atoms with Gasteiger partial charge >= 0.3 is 5.97 Å². The molecule has 538 valence electrons. The third kappa shape index (κ3) is 57.6. The summed E-state index contributed by atoms with van der Waals surface area (Å²) in [6, 6.07) is -0.810. The molecule has 1 heterocycles. The molecule has 1 aliphatic rings. The van der Waals surface area contributed by atoms with E-state index in [1.165, 1.54) is 283 Å². The van der Waals surface area contributed by atoms with Crippen LogP contribution in [0.15, 0.2) is 60.8 Å². The molecule has 7 atom stereocenters. The molecular formula is C81H149NO10. The first-order valence-corrected chi connectivity index (χ1v) is 39.6. The number of ether oxygens (including phenoxy) is 3. The molecule has 0 aliphatic carbocycles. The summed E-state index contributed by atoms with van der Waals surface area (Å²) in [6.07, 6.45) is 83.7. The maximum atomic E-state index is 13.1. The van der Waals surface area contributed by atoms with E-state index in [-0.39, 0.29) is 18.5 Å². The fourth-order valence-corrected chi connectivity index (χ4v) is 12.4. The Hall–Kier alpha value is -2.64. The summed E-state index contributed by atoms with van der Waals surface area (Å²) >= 11 is 0. The van der Waals surface area contributed by atoms with Crippen molar-refractivity contribution in [1.82, 2.24) is 5.32 Å². The molecule has 6 N–H and O–H groups in total. The number of rotatable bonds is 70. The van der Waals surface area contributed by atoms with Crippen molar-refractivity contribution in [3.63, 3.8) is 0 Å². The van der Waals surface area contributed by atoms with Gasteiger partial charge in [0.15, 0.2) is 6.29 Å². The van der Waals surface area contributed by atoms with Crippen molar-refractivity contribution in [2.75, 3.05) is 19.8 Å². The first-order chi connectivity index (χ1) is 45.2. The molecule has 0 bridgehead atoms. The highest BCUT2D eigenvalue weighted by Crippen LogP contribution is 2.24. The van der Waals surface area contributed by atoms with Crippen molar-refractivity contribution in [2.45, 2.75) is 423 Å². The number of unbranched alkanes of at least 4 members (excludes halogenated alkanes) is 48. The van der Waals surface area contributed by atoms with Gasteiger partial charge < -0.3 is 45.1 Å². The molecule has 92 heavy (non-hydrogen) atoms. The van der Waals surface area contributed by atoms with Crippen LogP contribution in [0.1, 0.15) is 380 Å². The van der Waals surface area contributed by atoms with Crippen LogP contribution >= 0.6 is 0 Å². The van der Waals surface area contributed by atoms with Crippen molar-refractivity contribution in [3.05, 3.63) is 60.8 Å². The second kappa shape index (κ2) is 69.7. The van der Waals surface area contributed by atoms with Crippen molar-refractivity contribution in [2.24, 2.45) is 0 Å². The van der Waals surface area contributed by atoms with Crippen LogP contribution in [-0.2, 0) is 23.8 Å². The zero-order valence-corrected chi connectivity index (χ0v) is 60.0. The van der Waals surface area contributed by atoms with Crippen LogP contribution < -0.4 is 5.32 Å². The number of carbonyl (C=O) groups excluding carboxylic acids is 2. The maximum absolute atomic E-state index is 13.1. The molecule has 11 nitrogen and oxygen atoms in total. The second-order valence-corrected chi connectivity index (χ2v) is 27.4. The Labute approximate surface area is 567 Å². The van der Waals surface area contributed by atoms with Gasteiger partial charge in [-0.1, -0.05) is 338 Å². The molecule has 0 aromatic rings. The van der Waals surface area contributed by atoms with Gasteiger partial charge in [0.1, 0.15) is 24.4 Å². The average Bonchev–Trinajstić information content (AvgIpc) is 1.03. The highest BCUT2D eigenvalue weighted by molar-refractivity contribution is 5.76. The monoisotopic (exact) mass is 1300 g/mol. The molecule has 1 saturated heterocycles. The highest BCUT2D eigenvalue weighted by Gasteiger charge is 2.44. The number of allylic oxidation sites excluding steroid dienone is 9. The van der Waals surface area contributed by atoms with Crippen molar-refractivity contribution >= 4 is 11.9 Å². The summed E-state index contributed by atoms with van der Waals surface area (Å²) in [5.74, 6) is -0.181. The second-order valence-electron chi connectivity index (χ2n) is 27.4. The van der Waals surface area contributed by atoms with Gasteiger partial charge in [-0.05, 0) is 89.9 Å². The zero-order chi connectivity index (χ0) is 66.5. The van der Waals surface area contributed by atoms with Gasteiger partial charge in [0.25, 0.3) is 0 Å². The standard InChI is InChI=1S/C81H149NO10/c1-3-5-7-9-11-13-15-17-40-43-47-51-55-59-63-67-74(84)73(72-91-81-80(89)79(88)78(87)75(71-83)92-81)82-76(85)68-64-60-56-52-48-44-41-38-36-34-32-30-28-26-24-22-20-19-21-23-25-27-29-31-33-35-37-39-42-46-50-54-58-62-66-70-90-77(86)69-65-61-57-53-49-45-18-16-14-12-10-8-6-4-2/h10,12,16,18,21,23,27,29,63,67,73-75,78-81,83-84,87-89H,3-9,11,13-15,17,19-20,22,24-26,28,30-62,64-66,68-72H2,1-2H3,(H,82,85)/b12-10-,18-16-,23-21-,29-27-,67-63+. The molecule has 0 aromatic heterocycles. The topological polar surface area (TPSA) is 175 Å². The van der Waals surface area contributed by atoms with Crippen LogP contribution in [-0.4, -0.2) is 100 Å².